The van der Waals surface area contributed by atoms with Crippen LogP contribution in [0.5, 0.6) is 0 Å². The van der Waals surface area contributed by atoms with Crippen LogP contribution in [0.1, 0.15) is 30.2 Å². The summed E-state index contributed by atoms with van der Waals surface area (Å²) in [5, 5.41) is 3.87. The minimum absolute atomic E-state index is 0.451. The van der Waals surface area contributed by atoms with Crippen molar-refractivity contribution in [2.24, 2.45) is 5.73 Å². The maximum Gasteiger partial charge on any atom is 0.140 e. The van der Waals surface area contributed by atoms with Gasteiger partial charge in [0, 0.05) is 31.7 Å². The minimum atomic E-state index is 0.451. The highest BCUT2D eigenvalue weighted by Gasteiger charge is 2.19. The summed E-state index contributed by atoms with van der Waals surface area (Å²) in [5.74, 6) is 1.44. The monoisotopic (exact) mass is 182 g/mol. The fourth-order valence-corrected chi connectivity index (χ4v) is 1.60. The van der Waals surface area contributed by atoms with Gasteiger partial charge in [-0.15, -0.1) is 0 Å². The molecule has 1 fully saturated rings. The largest absolute Gasteiger partial charge is 0.381 e. The van der Waals surface area contributed by atoms with E-state index < -0.39 is 0 Å². The van der Waals surface area contributed by atoms with E-state index >= 15 is 0 Å². The van der Waals surface area contributed by atoms with Crippen LogP contribution in [0.2, 0.25) is 0 Å². The summed E-state index contributed by atoms with van der Waals surface area (Å²) in [7, 11) is 0. The Morgan fingerprint density at radius 3 is 2.85 bits per heavy atom. The van der Waals surface area contributed by atoms with Gasteiger partial charge in [0.15, 0.2) is 0 Å². The lowest BCUT2D eigenvalue weighted by molar-refractivity contribution is 0.0791. The molecule has 0 aliphatic carbocycles. The van der Waals surface area contributed by atoms with Crippen molar-refractivity contribution in [1.82, 2.24) is 5.16 Å². The Labute approximate surface area is 77.0 Å². The number of nitrogens with two attached hydrogens (primary N) is 1. The summed E-state index contributed by atoms with van der Waals surface area (Å²) in [6.45, 7) is 2.10. The van der Waals surface area contributed by atoms with E-state index in [1.165, 1.54) is 0 Å². The lowest BCUT2D eigenvalue weighted by Crippen LogP contribution is -2.13. The van der Waals surface area contributed by atoms with Crippen LogP contribution in [0.3, 0.4) is 0 Å². The molecule has 0 amide bonds. The zero-order chi connectivity index (χ0) is 9.10. The average molecular weight is 182 g/mol. The van der Waals surface area contributed by atoms with Gasteiger partial charge in [-0.25, -0.2) is 0 Å². The minimum Gasteiger partial charge on any atom is -0.381 e. The van der Waals surface area contributed by atoms with Crippen molar-refractivity contribution in [2.45, 2.75) is 25.3 Å². The van der Waals surface area contributed by atoms with Crippen LogP contribution in [-0.2, 0) is 11.3 Å². The molecule has 13 heavy (non-hydrogen) atoms. The van der Waals surface area contributed by atoms with Gasteiger partial charge in [-0.3, -0.25) is 0 Å². The quantitative estimate of drug-likeness (QED) is 0.742. The van der Waals surface area contributed by atoms with Crippen LogP contribution in [0.4, 0.5) is 0 Å². The van der Waals surface area contributed by atoms with Gasteiger partial charge in [0.25, 0.3) is 0 Å². The third-order valence-corrected chi connectivity index (χ3v) is 2.41. The number of aromatic nitrogens is 1. The summed E-state index contributed by atoms with van der Waals surface area (Å²) in [4.78, 5) is 0. The Kier molecular flexibility index (Phi) is 2.61. The van der Waals surface area contributed by atoms with Crippen molar-refractivity contribution in [1.29, 1.82) is 0 Å². The van der Waals surface area contributed by atoms with Gasteiger partial charge in [0.05, 0.1) is 5.69 Å². The smallest absolute Gasteiger partial charge is 0.140 e. The first-order valence-corrected chi connectivity index (χ1v) is 4.63. The summed E-state index contributed by atoms with van der Waals surface area (Å²) in [6.07, 6.45) is 2.05. The summed E-state index contributed by atoms with van der Waals surface area (Å²) in [6, 6.07) is 1.95. The van der Waals surface area contributed by atoms with Crippen LogP contribution in [-0.4, -0.2) is 18.4 Å². The van der Waals surface area contributed by atoms with E-state index in [0.717, 1.165) is 37.5 Å². The second-order valence-electron chi connectivity index (χ2n) is 3.31. The molecule has 2 N–H and O–H groups in total. The lowest BCUT2D eigenvalue weighted by Gasteiger charge is -2.18. The number of ether oxygens (including phenoxy) is 1. The Hall–Kier alpha value is -0.870. The van der Waals surface area contributed by atoms with Gasteiger partial charge in [-0.1, -0.05) is 5.16 Å². The van der Waals surface area contributed by atoms with E-state index in [0.29, 0.717) is 12.5 Å². The molecule has 0 spiro atoms. The number of hydrogen-bond acceptors (Lipinski definition) is 4. The van der Waals surface area contributed by atoms with Crippen molar-refractivity contribution in [2.75, 3.05) is 13.2 Å². The van der Waals surface area contributed by atoms with E-state index in [2.05, 4.69) is 5.16 Å². The standard InChI is InChI=1S/C9H14N2O2/c10-6-8-5-9(13-11-8)7-1-3-12-4-2-7/h5,7H,1-4,6,10H2. The summed E-state index contributed by atoms with van der Waals surface area (Å²) >= 11 is 0. The SMILES string of the molecule is NCc1cc(C2CCOCC2)on1. The maximum atomic E-state index is 5.45. The highest BCUT2D eigenvalue weighted by atomic mass is 16.5. The third-order valence-electron chi connectivity index (χ3n) is 2.41. The molecule has 1 saturated heterocycles. The topological polar surface area (TPSA) is 61.3 Å². The highest BCUT2D eigenvalue weighted by molar-refractivity contribution is 5.10. The number of rotatable bonds is 2. The molecule has 72 valence electrons. The molecule has 4 nitrogen and oxygen atoms in total. The molecule has 0 atom stereocenters. The molecule has 0 radical (unpaired) electrons. The molecule has 4 heteroatoms. The molecule has 0 aromatic carbocycles. The van der Waals surface area contributed by atoms with Crippen LogP contribution < -0.4 is 5.73 Å². The molecule has 1 aliphatic heterocycles. The molecule has 0 bridgehead atoms. The first-order chi connectivity index (χ1) is 6.40. The maximum absolute atomic E-state index is 5.45. The molecule has 2 heterocycles. The fraction of sp³-hybridized carbons (Fsp3) is 0.667. The number of nitrogens with zero attached hydrogens (tertiary/aromatic N) is 1. The lowest BCUT2D eigenvalue weighted by atomic mass is 9.97. The number of hydrogen-bond donors (Lipinski definition) is 1. The molecule has 1 aliphatic rings. The van der Waals surface area contributed by atoms with Gasteiger partial charge in [0.2, 0.25) is 0 Å². The zero-order valence-corrected chi connectivity index (χ0v) is 7.53. The van der Waals surface area contributed by atoms with Crippen molar-refractivity contribution in [3.63, 3.8) is 0 Å². The second-order valence-corrected chi connectivity index (χ2v) is 3.31. The van der Waals surface area contributed by atoms with Gasteiger partial charge < -0.3 is 15.0 Å². The third kappa shape index (κ3) is 1.89. The van der Waals surface area contributed by atoms with Crippen LogP contribution >= 0.6 is 0 Å². The molecule has 0 saturated carbocycles. The molecule has 2 rings (SSSR count). The van der Waals surface area contributed by atoms with Gasteiger partial charge in [-0.05, 0) is 12.8 Å². The van der Waals surface area contributed by atoms with Crippen molar-refractivity contribution in [3.05, 3.63) is 17.5 Å². The average Bonchev–Trinajstić information content (AvgIpc) is 2.67. The second kappa shape index (κ2) is 3.89. The Balaban J connectivity index is 2.05. The van der Waals surface area contributed by atoms with Crippen molar-refractivity contribution in [3.8, 4) is 0 Å². The van der Waals surface area contributed by atoms with E-state index in [4.69, 9.17) is 15.0 Å². The first kappa shape index (κ1) is 8.72. The Morgan fingerprint density at radius 1 is 1.46 bits per heavy atom. The zero-order valence-electron chi connectivity index (χ0n) is 7.53. The first-order valence-electron chi connectivity index (χ1n) is 4.63. The normalized spacial score (nSPS) is 19.2. The van der Waals surface area contributed by atoms with Gasteiger partial charge >= 0.3 is 0 Å². The highest BCUT2D eigenvalue weighted by Crippen LogP contribution is 2.26. The van der Waals surface area contributed by atoms with E-state index in [-0.39, 0.29) is 0 Å². The molecule has 1 aromatic rings. The predicted octanol–water partition coefficient (Wildman–Crippen LogP) is 1.03. The molecular formula is C9H14N2O2. The van der Waals surface area contributed by atoms with Crippen LogP contribution in [0.15, 0.2) is 10.6 Å². The Morgan fingerprint density at radius 2 is 2.23 bits per heavy atom. The molecule has 0 unspecified atom stereocenters. The summed E-state index contributed by atoms with van der Waals surface area (Å²) < 4.78 is 10.5. The van der Waals surface area contributed by atoms with E-state index in [1.807, 2.05) is 6.07 Å². The van der Waals surface area contributed by atoms with E-state index in [9.17, 15) is 0 Å². The van der Waals surface area contributed by atoms with Gasteiger partial charge in [-0.2, -0.15) is 0 Å². The van der Waals surface area contributed by atoms with Crippen LogP contribution in [0.25, 0.3) is 0 Å². The molecule has 1 aromatic heterocycles. The van der Waals surface area contributed by atoms with Crippen molar-refractivity contribution < 1.29 is 9.26 Å². The van der Waals surface area contributed by atoms with Crippen LogP contribution in [0, 0.1) is 0 Å². The fourth-order valence-electron chi connectivity index (χ4n) is 1.60. The summed E-state index contributed by atoms with van der Waals surface area (Å²) in [5.41, 5.74) is 6.28. The van der Waals surface area contributed by atoms with E-state index in [1.54, 1.807) is 0 Å². The molecular weight excluding hydrogens is 168 g/mol. The predicted molar refractivity (Wildman–Crippen MR) is 47.2 cm³/mol. The van der Waals surface area contributed by atoms with Crippen molar-refractivity contribution >= 4 is 0 Å². The Bertz CT molecular complexity index is 266. The van der Waals surface area contributed by atoms with Gasteiger partial charge in [0.1, 0.15) is 5.76 Å².